The molecule has 0 amide bonds. The minimum absolute atomic E-state index is 0.457. The predicted molar refractivity (Wildman–Crippen MR) is 89.7 cm³/mol. The van der Waals surface area contributed by atoms with Crippen LogP contribution in [0.15, 0.2) is 37.0 Å². The van der Waals surface area contributed by atoms with Crippen LogP contribution in [0.4, 0.5) is 0 Å². The Hall–Kier alpha value is -0.780. The molecule has 3 atom stereocenters. The average Bonchev–Trinajstić information content (AvgIpc) is 2.36. The van der Waals surface area contributed by atoms with E-state index in [0.717, 1.165) is 12.3 Å². The molecule has 0 aromatic rings. The largest absolute Gasteiger partial charge is 0.0996 e. The molecule has 0 bridgehead atoms. The number of hydrogen-bond donors (Lipinski definition) is 0. The maximum Gasteiger partial charge on any atom is -0.0146 e. The van der Waals surface area contributed by atoms with E-state index >= 15 is 0 Å². The number of hydrogen-bond acceptors (Lipinski definition) is 0. The van der Waals surface area contributed by atoms with Gasteiger partial charge in [0.15, 0.2) is 0 Å². The van der Waals surface area contributed by atoms with Gasteiger partial charge in [0.05, 0.1) is 0 Å². The van der Waals surface area contributed by atoms with E-state index in [2.05, 4.69) is 40.5 Å². The molecule has 2 saturated carbocycles. The molecule has 2 rings (SSSR count). The van der Waals surface area contributed by atoms with E-state index in [9.17, 15) is 0 Å². The Balaban J connectivity index is 2.22. The van der Waals surface area contributed by atoms with E-state index in [1.54, 1.807) is 0 Å². The summed E-state index contributed by atoms with van der Waals surface area (Å²) >= 11 is 0. The van der Waals surface area contributed by atoms with Gasteiger partial charge in [-0.25, -0.2) is 0 Å². The maximum atomic E-state index is 4.43. The van der Waals surface area contributed by atoms with Crippen molar-refractivity contribution in [2.24, 2.45) is 22.7 Å². The summed E-state index contributed by atoms with van der Waals surface area (Å²) < 4.78 is 0. The molecule has 2 fully saturated rings. The van der Waals surface area contributed by atoms with Crippen molar-refractivity contribution in [2.75, 3.05) is 0 Å². The van der Waals surface area contributed by atoms with Crippen molar-refractivity contribution in [3.05, 3.63) is 37.0 Å². The third kappa shape index (κ3) is 2.67. The van der Waals surface area contributed by atoms with Crippen molar-refractivity contribution in [2.45, 2.75) is 65.7 Å². The number of fused-ring (bicyclic) bond motifs is 1. The van der Waals surface area contributed by atoms with Gasteiger partial charge < -0.3 is 0 Å². The standard InChI is InChI=1S/C20H32/c1-7-15(2)9-11-17-16(3)10-12-18-19(4,5)13-8-14-20(17,18)6/h7,17-18H,1-3,8-14H2,4-6H3/t17-,18-,20+/m0/s1. The minimum atomic E-state index is 0.457. The van der Waals surface area contributed by atoms with E-state index in [4.69, 9.17) is 0 Å². The van der Waals surface area contributed by atoms with Crippen molar-refractivity contribution < 1.29 is 0 Å². The van der Waals surface area contributed by atoms with Crippen molar-refractivity contribution >= 4 is 0 Å². The normalized spacial score (nSPS) is 36.2. The quantitative estimate of drug-likeness (QED) is 0.415. The first-order valence-corrected chi connectivity index (χ1v) is 8.29. The number of allylic oxidation sites excluding steroid dienone is 3. The fraction of sp³-hybridized carbons (Fsp3) is 0.700. The molecule has 2 aliphatic rings. The summed E-state index contributed by atoms with van der Waals surface area (Å²) in [5, 5.41) is 0. The summed E-state index contributed by atoms with van der Waals surface area (Å²) in [6.07, 6.45) is 10.9. The summed E-state index contributed by atoms with van der Waals surface area (Å²) in [4.78, 5) is 0. The molecular weight excluding hydrogens is 240 g/mol. The SMILES string of the molecule is C=CC(=C)CC[C@H]1C(=C)CC[C@H]2C(C)(C)CCC[C@]12C. The Bertz CT molecular complexity index is 412. The van der Waals surface area contributed by atoms with Gasteiger partial charge in [-0.05, 0) is 61.2 Å². The highest BCUT2D eigenvalue weighted by atomic mass is 14.6. The summed E-state index contributed by atoms with van der Waals surface area (Å²) in [6.45, 7) is 19.9. The molecule has 0 heteroatoms. The van der Waals surface area contributed by atoms with E-state index in [1.165, 1.54) is 49.7 Å². The zero-order valence-electron chi connectivity index (χ0n) is 13.8. The second kappa shape index (κ2) is 5.54. The van der Waals surface area contributed by atoms with Gasteiger partial charge in [-0.2, -0.15) is 0 Å². The molecule has 0 saturated heterocycles. The van der Waals surface area contributed by atoms with Crippen LogP contribution in [0, 0.1) is 22.7 Å². The molecule has 0 aliphatic heterocycles. The van der Waals surface area contributed by atoms with Gasteiger partial charge >= 0.3 is 0 Å². The van der Waals surface area contributed by atoms with Crippen molar-refractivity contribution in [1.82, 2.24) is 0 Å². The smallest absolute Gasteiger partial charge is 0.0146 e. The van der Waals surface area contributed by atoms with Crippen LogP contribution in [-0.2, 0) is 0 Å². The maximum absolute atomic E-state index is 4.43. The van der Waals surface area contributed by atoms with Gasteiger partial charge in [-0.15, -0.1) is 0 Å². The summed E-state index contributed by atoms with van der Waals surface area (Å²) in [6, 6.07) is 0. The molecular formula is C20H32. The van der Waals surface area contributed by atoms with Crippen LogP contribution in [0.3, 0.4) is 0 Å². The summed E-state index contributed by atoms with van der Waals surface area (Å²) in [7, 11) is 0. The third-order valence-corrected chi connectivity index (χ3v) is 6.36. The highest BCUT2D eigenvalue weighted by Crippen LogP contribution is 2.61. The van der Waals surface area contributed by atoms with Gasteiger partial charge in [-0.1, -0.05) is 64.2 Å². The number of rotatable bonds is 4. The van der Waals surface area contributed by atoms with Gasteiger partial charge in [-0.3, -0.25) is 0 Å². The van der Waals surface area contributed by atoms with Crippen LogP contribution in [0.25, 0.3) is 0 Å². The molecule has 0 heterocycles. The lowest BCUT2D eigenvalue weighted by molar-refractivity contribution is -0.0538. The molecule has 0 spiro atoms. The predicted octanol–water partition coefficient (Wildman–Crippen LogP) is 6.31. The molecule has 0 aromatic heterocycles. The lowest BCUT2D eigenvalue weighted by Gasteiger charge is -2.58. The fourth-order valence-corrected chi connectivity index (χ4v) is 5.24. The van der Waals surface area contributed by atoms with Crippen molar-refractivity contribution in [1.29, 1.82) is 0 Å². The van der Waals surface area contributed by atoms with Crippen LogP contribution >= 0.6 is 0 Å². The Morgan fingerprint density at radius 2 is 2.00 bits per heavy atom. The molecule has 20 heavy (non-hydrogen) atoms. The highest BCUT2D eigenvalue weighted by Gasteiger charge is 2.52. The van der Waals surface area contributed by atoms with E-state index < -0.39 is 0 Å². The first-order valence-electron chi connectivity index (χ1n) is 8.29. The Labute approximate surface area is 126 Å². The second-order valence-electron chi connectivity index (χ2n) is 8.05. The molecule has 0 aromatic carbocycles. The van der Waals surface area contributed by atoms with Crippen LogP contribution in [0.1, 0.15) is 65.7 Å². The Morgan fingerprint density at radius 1 is 1.30 bits per heavy atom. The van der Waals surface area contributed by atoms with Gasteiger partial charge in [0.1, 0.15) is 0 Å². The molecule has 0 radical (unpaired) electrons. The molecule has 0 nitrogen and oxygen atoms in total. The molecule has 112 valence electrons. The minimum Gasteiger partial charge on any atom is -0.0996 e. The third-order valence-electron chi connectivity index (χ3n) is 6.36. The zero-order valence-corrected chi connectivity index (χ0v) is 13.8. The fourth-order valence-electron chi connectivity index (χ4n) is 5.24. The lowest BCUT2D eigenvalue weighted by Crippen LogP contribution is -2.49. The van der Waals surface area contributed by atoms with Crippen LogP contribution in [0.5, 0.6) is 0 Å². The van der Waals surface area contributed by atoms with E-state index in [1.807, 2.05) is 6.08 Å². The highest BCUT2D eigenvalue weighted by molar-refractivity contribution is 5.18. The Kier molecular flexibility index (Phi) is 4.33. The molecule has 2 aliphatic carbocycles. The van der Waals surface area contributed by atoms with Crippen molar-refractivity contribution in [3.8, 4) is 0 Å². The van der Waals surface area contributed by atoms with Crippen LogP contribution in [-0.4, -0.2) is 0 Å². The zero-order chi connectivity index (χ0) is 15.0. The lowest BCUT2D eigenvalue weighted by atomic mass is 9.47. The van der Waals surface area contributed by atoms with Gasteiger partial charge in [0, 0.05) is 0 Å². The first kappa shape index (κ1) is 15.6. The van der Waals surface area contributed by atoms with Gasteiger partial charge in [0.25, 0.3) is 0 Å². The average molecular weight is 272 g/mol. The second-order valence-corrected chi connectivity index (χ2v) is 8.05. The monoisotopic (exact) mass is 272 g/mol. The van der Waals surface area contributed by atoms with E-state index in [-0.39, 0.29) is 0 Å². The van der Waals surface area contributed by atoms with E-state index in [0.29, 0.717) is 16.7 Å². The summed E-state index contributed by atoms with van der Waals surface area (Å²) in [5.74, 6) is 1.54. The van der Waals surface area contributed by atoms with Gasteiger partial charge in [0.2, 0.25) is 0 Å². The Morgan fingerprint density at radius 3 is 2.65 bits per heavy atom. The molecule has 0 N–H and O–H groups in total. The summed E-state index contributed by atoms with van der Waals surface area (Å²) in [5.41, 5.74) is 3.64. The van der Waals surface area contributed by atoms with Crippen LogP contribution < -0.4 is 0 Å². The van der Waals surface area contributed by atoms with Crippen LogP contribution in [0.2, 0.25) is 0 Å². The molecule has 0 unspecified atom stereocenters. The van der Waals surface area contributed by atoms with Crippen molar-refractivity contribution in [3.63, 3.8) is 0 Å². The first-order chi connectivity index (χ1) is 9.31. The topological polar surface area (TPSA) is 0 Å².